The maximum atomic E-state index is 10.8. The van der Waals surface area contributed by atoms with Gasteiger partial charge in [0.1, 0.15) is 18.1 Å². The molecule has 0 aliphatic carbocycles. The van der Waals surface area contributed by atoms with Crippen LogP contribution in [0.5, 0.6) is 11.5 Å². The van der Waals surface area contributed by atoms with Gasteiger partial charge in [-0.1, -0.05) is 0 Å². The van der Waals surface area contributed by atoms with E-state index in [1.54, 1.807) is 32.4 Å². The van der Waals surface area contributed by atoms with Crippen LogP contribution in [0.1, 0.15) is 10.4 Å². The molecule has 0 fully saturated rings. The molecule has 0 N–H and O–H groups in total. The lowest BCUT2D eigenvalue weighted by Crippen LogP contribution is -2.05. The maximum Gasteiger partial charge on any atom is 0.153 e. The fourth-order valence-electron chi connectivity index (χ4n) is 1.11. The van der Waals surface area contributed by atoms with Crippen LogP contribution in [0.25, 0.3) is 0 Å². The van der Waals surface area contributed by atoms with Gasteiger partial charge in [0.25, 0.3) is 0 Å². The highest BCUT2D eigenvalue weighted by Gasteiger charge is 2.04. The number of carbonyl (C=O) groups is 1. The SMILES string of the molecule is COCCOc1ccc(OC)cc1C=O. The van der Waals surface area contributed by atoms with Crippen molar-refractivity contribution in [2.24, 2.45) is 0 Å². The van der Waals surface area contributed by atoms with E-state index < -0.39 is 0 Å². The molecule has 4 heteroatoms. The molecule has 0 saturated carbocycles. The summed E-state index contributed by atoms with van der Waals surface area (Å²) in [7, 11) is 3.15. The van der Waals surface area contributed by atoms with Crippen molar-refractivity contribution in [1.82, 2.24) is 0 Å². The third kappa shape index (κ3) is 3.25. The minimum atomic E-state index is 0.420. The predicted molar refractivity (Wildman–Crippen MR) is 55.8 cm³/mol. The van der Waals surface area contributed by atoms with Gasteiger partial charge in [-0.15, -0.1) is 0 Å². The van der Waals surface area contributed by atoms with Crippen molar-refractivity contribution in [1.29, 1.82) is 0 Å². The van der Waals surface area contributed by atoms with Crippen molar-refractivity contribution in [2.75, 3.05) is 27.4 Å². The first-order chi connectivity index (χ1) is 7.31. The van der Waals surface area contributed by atoms with Gasteiger partial charge < -0.3 is 14.2 Å². The standard InChI is InChI=1S/C11H14O4/c1-13-5-6-15-11-4-3-10(14-2)7-9(11)8-12/h3-4,7-8H,5-6H2,1-2H3. The first kappa shape index (κ1) is 11.5. The van der Waals surface area contributed by atoms with Crippen molar-refractivity contribution < 1.29 is 19.0 Å². The van der Waals surface area contributed by atoms with E-state index in [-0.39, 0.29) is 0 Å². The molecule has 1 aromatic carbocycles. The number of methoxy groups -OCH3 is 2. The molecule has 0 heterocycles. The molecule has 0 spiro atoms. The fourth-order valence-corrected chi connectivity index (χ4v) is 1.11. The molecule has 0 unspecified atom stereocenters. The summed E-state index contributed by atoms with van der Waals surface area (Å²) in [4.78, 5) is 10.8. The summed E-state index contributed by atoms with van der Waals surface area (Å²) in [6, 6.07) is 5.09. The Hall–Kier alpha value is -1.55. The van der Waals surface area contributed by atoms with E-state index in [2.05, 4.69) is 0 Å². The second-order valence-electron chi connectivity index (χ2n) is 2.86. The highest BCUT2D eigenvalue weighted by molar-refractivity contribution is 5.80. The second kappa shape index (κ2) is 6.03. The quantitative estimate of drug-likeness (QED) is 0.527. The van der Waals surface area contributed by atoms with E-state index in [9.17, 15) is 4.79 Å². The monoisotopic (exact) mass is 210 g/mol. The number of carbonyl (C=O) groups excluding carboxylic acids is 1. The van der Waals surface area contributed by atoms with E-state index in [0.717, 1.165) is 6.29 Å². The summed E-state index contributed by atoms with van der Waals surface area (Å²) in [5.41, 5.74) is 0.477. The Morgan fingerprint density at radius 2 is 2.07 bits per heavy atom. The van der Waals surface area contributed by atoms with Crippen molar-refractivity contribution >= 4 is 6.29 Å². The van der Waals surface area contributed by atoms with Crippen molar-refractivity contribution in [2.45, 2.75) is 0 Å². The van der Waals surface area contributed by atoms with Gasteiger partial charge in [0.05, 0.1) is 19.3 Å². The highest BCUT2D eigenvalue weighted by Crippen LogP contribution is 2.22. The van der Waals surface area contributed by atoms with E-state index in [4.69, 9.17) is 14.2 Å². The Balaban J connectivity index is 2.73. The van der Waals surface area contributed by atoms with Crippen LogP contribution in [0.2, 0.25) is 0 Å². The zero-order valence-electron chi connectivity index (χ0n) is 8.86. The average Bonchev–Trinajstić information content (AvgIpc) is 2.29. The van der Waals surface area contributed by atoms with Crippen LogP contribution >= 0.6 is 0 Å². The number of hydrogen-bond donors (Lipinski definition) is 0. The lowest BCUT2D eigenvalue weighted by molar-refractivity contribution is 0.111. The molecule has 0 radical (unpaired) electrons. The van der Waals surface area contributed by atoms with Gasteiger partial charge in [-0.25, -0.2) is 0 Å². The number of aldehydes is 1. The zero-order chi connectivity index (χ0) is 11.1. The van der Waals surface area contributed by atoms with Gasteiger partial charge in [0, 0.05) is 7.11 Å². The molecular weight excluding hydrogens is 196 g/mol. The molecule has 82 valence electrons. The van der Waals surface area contributed by atoms with E-state index >= 15 is 0 Å². The normalized spacial score (nSPS) is 9.73. The summed E-state index contributed by atoms with van der Waals surface area (Å²) in [6.07, 6.45) is 0.741. The van der Waals surface area contributed by atoms with E-state index in [1.807, 2.05) is 0 Å². The predicted octanol–water partition coefficient (Wildman–Crippen LogP) is 1.53. The van der Waals surface area contributed by atoms with Crippen LogP contribution in [0, 0.1) is 0 Å². The van der Waals surface area contributed by atoms with Crippen LogP contribution in [-0.4, -0.2) is 33.7 Å². The van der Waals surface area contributed by atoms with Gasteiger partial charge in [0.2, 0.25) is 0 Å². The van der Waals surface area contributed by atoms with Gasteiger partial charge in [-0.3, -0.25) is 4.79 Å². The Kier molecular flexibility index (Phi) is 4.63. The number of benzene rings is 1. The highest BCUT2D eigenvalue weighted by atomic mass is 16.5. The molecule has 0 aliphatic rings. The van der Waals surface area contributed by atoms with Crippen LogP contribution in [0.3, 0.4) is 0 Å². The molecular formula is C11H14O4. The Labute approximate surface area is 88.8 Å². The lowest BCUT2D eigenvalue weighted by Gasteiger charge is -2.08. The van der Waals surface area contributed by atoms with Crippen LogP contribution in [0.4, 0.5) is 0 Å². The molecule has 0 bridgehead atoms. The van der Waals surface area contributed by atoms with Crippen molar-refractivity contribution in [3.8, 4) is 11.5 Å². The second-order valence-corrected chi connectivity index (χ2v) is 2.86. The van der Waals surface area contributed by atoms with Crippen LogP contribution < -0.4 is 9.47 Å². The summed E-state index contributed by atoms with van der Waals surface area (Å²) in [5, 5.41) is 0. The molecule has 15 heavy (non-hydrogen) atoms. The largest absolute Gasteiger partial charge is 0.497 e. The summed E-state index contributed by atoms with van der Waals surface area (Å²) >= 11 is 0. The summed E-state index contributed by atoms with van der Waals surface area (Å²) in [5.74, 6) is 1.18. The van der Waals surface area contributed by atoms with Crippen molar-refractivity contribution in [3.05, 3.63) is 23.8 Å². The zero-order valence-corrected chi connectivity index (χ0v) is 8.86. The molecule has 0 amide bonds. The molecule has 1 rings (SSSR count). The summed E-state index contributed by atoms with van der Waals surface area (Å²) in [6.45, 7) is 0.911. The van der Waals surface area contributed by atoms with E-state index in [0.29, 0.717) is 30.3 Å². The lowest BCUT2D eigenvalue weighted by atomic mass is 10.2. The van der Waals surface area contributed by atoms with Gasteiger partial charge >= 0.3 is 0 Å². The number of rotatable bonds is 6. The number of hydrogen-bond acceptors (Lipinski definition) is 4. The minimum absolute atomic E-state index is 0.420. The van der Waals surface area contributed by atoms with Crippen LogP contribution in [0.15, 0.2) is 18.2 Å². The first-order valence-electron chi connectivity index (χ1n) is 4.56. The third-order valence-electron chi connectivity index (χ3n) is 1.89. The van der Waals surface area contributed by atoms with Crippen molar-refractivity contribution in [3.63, 3.8) is 0 Å². The topological polar surface area (TPSA) is 44.8 Å². The third-order valence-corrected chi connectivity index (χ3v) is 1.89. The summed E-state index contributed by atoms with van der Waals surface area (Å²) < 4.78 is 15.2. The minimum Gasteiger partial charge on any atom is -0.497 e. The fraction of sp³-hybridized carbons (Fsp3) is 0.364. The molecule has 0 saturated heterocycles. The Morgan fingerprint density at radius 3 is 2.67 bits per heavy atom. The molecule has 0 aliphatic heterocycles. The Morgan fingerprint density at radius 1 is 1.27 bits per heavy atom. The number of ether oxygens (including phenoxy) is 3. The van der Waals surface area contributed by atoms with E-state index in [1.165, 1.54) is 0 Å². The molecule has 0 atom stereocenters. The molecule has 1 aromatic rings. The first-order valence-corrected chi connectivity index (χ1v) is 4.56. The molecule has 0 aromatic heterocycles. The smallest absolute Gasteiger partial charge is 0.153 e. The average molecular weight is 210 g/mol. The van der Waals surface area contributed by atoms with Gasteiger partial charge in [-0.2, -0.15) is 0 Å². The molecule has 4 nitrogen and oxygen atoms in total. The van der Waals surface area contributed by atoms with Gasteiger partial charge in [-0.05, 0) is 18.2 Å². The Bertz CT molecular complexity index is 322. The maximum absolute atomic E-state index is 10.8. The van der Waals surface area contributed by atoms with Gasteiger partial charge in [0.15, 0.2) is 6.29 Å². The van der Waals surface area contributed by atoms with Crippen LogP contribution in [-0.2, 0) is 4.74 Å².